The summed E-state index contributed by atoms with van der Waals surface area (Å²) >= 11 is 0. The Morgan fingerprint density at radius 3 is 2.42 bits per heavy atom. The summed E-state index contributed by atoms with van der Waals surface area (Å²) < 4.78 is 0. The molecule has 0 aliphatic rings. The molecule has 66 valence electrons. The number of hydrogen-bond donors (Lipinski definition) is 2. The molecule has 0 spiro atoms. The van der Waals surface area contributed by atoms with Crippen LogP contribution in [0.2, 0.25) is 0 Å². The van der Waals surface area contributed by atoms with E-state index in [2.05, 4.69) is 5.32 Å². The van der Waals surface area contributed by atoms with Gasteiger partial charge in [0.25, 0.3) is 0 Å². The lowest BCUT2D eigenvalue weighted by Crippen LogP contribution is -2.11. The molecular weight excluding hydrogens is 154 g/mol. The van der Waals surface area contributed by atoms with Crippen LogP contribution < -0.4 is 5.32 Å². The van der Waals surface area contributed by atoms with Crippen molar-refractivity contribution in [1.82, 2.24) is 0 Å². The fourth-order valence-corrected chi connectivity index (χ4v) is 0.734. The van der Waals surface area contributed by atoms with Crippen LogP contribution >= 0.6 is 0 Å². The van der Waals surface area contributed by atoms with Crippen LogP contribution in [0.5, 0.6) is 0 Å². The first-order valence-corrected chi connectivity index (χ1v) is 3.30. The van der Waals surface area contributed by atoms with Crippen molar-refractivity contribution in [1.29, 1.82) is 0 Å². The summed E-state index contributed by atoms with van der Waals surface area (Å²) in [6.07, 6.45) is 0. The Morgan fingerprint density at radius 1 is 1.33 bits per heavy atom. The molecule has 3 nitrogen and oxygen atoms in total. The molecule has 0 unspecified atom stereocenters. The van der Waals surface area contributed by atoms with Gasteiger partial charge in [0.1, 0.15) is 6.54 Å². The third-order valence-corrected chi connectivity index (χ3v) is 1.22. The van der Waals surface area contributed by atoms with Gasteiger partial charge in [-0.1, -0.05) is 25.6 Å². The highest BCUT2D eigenvalue weighted by molar-refractivity contribution is 5.72. The van der Waals surface area contributed by atoms with Crippen LogP contribution in [0.25, 0.3) is 0 Å². The molecule has 1 rings (SSSR count). The maximum Gasteiger partial charge on any atom is 0.322 e. The smallest absolute Gasteiger partial charge is 0.322 e. The molecule has 3 heteroatoms. The molecule has 0 heterocycles. The molecule has 0 saturated carbocycles. The van der Waals surface area contributed by atoms with E-state index in [9.17, 15) is 4.79 Å². The van der Waals surface area contributed by atoms with E-state index in [1.54, 1.807) is 0 Å². The first kappa shape index (κ1) is 10.5. The van der Waals surface area contributed by atoms with E-state index in [0.29, 0.717) is 0 Å². The third kappa shape index (κ3) is 3.61. The summed E-state index contributed by atoms with van der Waals surface area (Å²) in [6, 6.07) is 9.23. The van der Waals surface area contributed by atoms with Gasteiger partial charge in [-0.25, -0.2) is 0 Å². The minimum Gasteiger partial charge on any atom is -0.480 e. The third-order valence-electron chi connectivity index (χ3n) is 1.22. The monoisotopic (exact) mass is 167 g/mol. The fraction of sp³-hybridized carbons (Fsp3) is 0.222. The van der Waals surface area contributed by atoms with Gasteiger partial charge in [0.05, 0.1) is 0 Å². The van der Waals surface area contributed by atoms with Gasteiger partial charge in [-0.3, -0.25) is 4.79 Å². The van der Waals surface area contributed by atoms with Gasteiger partial charge in [-0.15, -0.1) is 0 Å². The molecule has 0 aliphatic carbocycles. The Labute approximate surface area is 72.0 Å². The van der Waals surface area contributed by atoms with Crippen molar-refractivity contribution in [3.63, 3.8) is 0 Å². The molecule has 0 atom stereocenters. The lowest BCUT2D eigenvalue weighted by Gasteiger charge is -2.00. The standard InChI is InChI=1S/C8H9NO2.CH4/c10-8(11)6-9-7-4-2-1-3-5-7;/h1-5,9H,6H2,(H,10,11);1H4. The van der Waals surface area contributed by atoms with Gasteiger partial charge in [-0.2, -0.15) is 0 Å². The van der Waals surface area contributed by atoms with E-state index in [4.69, 9.17) is 5.11 Å². The molecule has 0 saturated heterocycles. The van der Waals surface area contributed by atoms with Crippen LogP contribution in [0.4, 0.5) is 5.69 Å². The van der Waals surface area contributed by atoms with Crippen molar-refractivity contribution in [2.45, 2.75) is 7.43 Å². The maximum absolute atomic E-state index is 10.1. The van der Waals surface area contributed by atoms with Crippen LogP contribution in [0, 0.1) is 0 Å². The predicted molar refractivity (Wildman–Crippen MR) is 49.3 cm³/mol. The second-order valence-corrected chi connectivity index (χ2v) is 2.11. The zero-order chi connectivity index (χ0) is 8.10. The highest BCUT2D eigenvalue weighted by atomic mass is 16.4. The lowest BCUT2D eigenvalue weighted by molar-refractivity contribution is -0.134. The second-order valence-electron chi connectivity index (χ2n) is 2.11. The van der Waals surface area contributed by atoms with E-state index < -0.39 is 5.97 Å². The number of carboxylic acids is 1. The van der Waals surface area contributed by atoms with Gasteiger partial charge in [0, 0.05) is 5.69 Å². The summed E-state index contributed by atoms with van der Waals surface area (Å²) in [5, 5.41) is 11.1. The Bertz CT molecular complexity index is 234. The minimum absolute atomic E-state index is 0. The SMILES string of the molecule is C.O=C(O)CNc1ccccc1. The predicted octanol–water partition coefficient (Wildman–Crippen LogP) is 1.82. The van der Waals surface area contributed by atoms with E-state index in [1.165, 1.54) is 0 Å². The Hall–Kier alpha value is -1.51. The van der Waals surface area contributed by atoms with E-state index in [-0.39, 0.29) is 14.0 Å². The number of benzene rings is 1. The zero-order valence-electron chi connectivity index (χ0n) is 5.95. The summed E-state index contributed by atoms with van der Waals surface area (Å²) in [7, 11) is 0. The van der Waals surface area contributed by atoms with Gasteiger partial charge in [0.2, 0.25) is 0 Å². The lowest BCUT2D eigenvalue weighted by atomic mass is 10.3. The van der Waals surface area contributed by atoms with Crippen molar-refractivity contribution in [3.8, 4) is 0 Å². The fourth-order valence-electron chi connectivity index (χ4n) is 0.734. The van der Waals surface area contributed by atoms with Crippen LogP contribution in [0.15, 0.2) is 30.3 Å². The van der Waals surface area contributed by atoms with E-state index in [0.717, 1.165) is 5.69 Å². The van der Waals surface area contributed by atoms with Gasteiger partial charge >= 0.3 is 5.97 Å². The number of para-hydroxylation sites is 1. The van der Waals surface area contributed by atoms with Gasteiger partial charge in [-0.05, 0) is 12.1 Å². The average molecular weight is 167 g/mol. The largest absolute Gasteiger partial charge is 0.480 e. The molecule has 2 N–H and O–H groups in total. The van der Waals surface area contributed by atoms with Gasteiger partial charge < -0.3 is 10.4 Å². The molecular formula is C9H13NO2. The van der Waals surface area contributed by atoms with Crippen LogP contribution in [-0.4, -0.2) is 17.6 Å². The molecule has 0 aliphatic heterocycles. The van der Waals surface area contributed by atoms with Crippen molar-refractivity contribution in [2.24, 2.45) is 0 Å². The highest BCUT2D eigenvalue weighted by Crippen LogP contribution is 2.03. The van der Waals surface area contributed by atoms with Crippen molar-refractivity contribution in [3.05, 3.63) is 30.3 Å². The maximum atomic E-state index is 10.1. The Kier molecular flexibility index (Phi) is 4.53. The van der Waals surface area contributed by atoms with Crippen LogP contribution in [-0.2, 0) is 4.79 Å². The first-order valence-electron chi connectivity index (χ1n) is 3.30. The number of rotatable bonds is 3. The van der Waals surface area contributed by atoms with Crippen molar-refractivity contribution in [2.75, 3.05) is 11.9 Å². The normalized spacial score (nSPS) is 8.33. The summed E-state index contributed by atoms with van der Waals surface area (Å²) in [4.78, 5) is 10.1. The average Bonchev–Trinajstić information content (AvgIpc) is 2.03. The summed E-state index contributed by atoms with van der Waals surface area (Å²) in [5.74, 6) is -0.853. The topological polar surface area (TPSA) is 49.3 Å². The number of hydrogen-bond acceptors (Lipinski definition) is 2. The molecule has 1 aromatic carbocycles. The Balaban J connectivity index is 0.00000121. The number of anilines is 1. The van der Waals surface area contributed by atoms with Crippen LogP contribution in [0.1, 0.15) is 7.43 Å². The summed E-state index contributed by atoms with van der Waals surface area (Å²) in [6.45, 7) is -0.0377. The van der Waals surface area contributed by atoms with Crippen molar-refractivity contribution < 1.29 is 9.90 Å². The summed E-state index contributed by atoms with van der Waals surface area (Å²) in [5.41, 5.74) is 0.829. The number of carboxylic acid groups (broad SMARTS) is 1. The molecule has 0 amide bonds. The number of carbonyl (C=O) groups is 1. The van der Waals surface area contributed by atoms with Crippen LogP contribution in [0.3, 0.4) is 0 Å². The molecule has 0 bridgehead atoms. The Morgan fingerprint density at radius 2 is 1.92 bits per heavy atom. The molecule has 12 heavy (non-hydrogen) atoms. The van der Waals surface area contributed by atoms with E-state index >= 15 is 0 Å². The zero-order valence-corrected chi connectivity index (χ0v) is 5.95. The van der Waals surface area contributed by atoms with Gasteiger partial charge in [0.15, 0.2) is 0 Å². The quantitative estimate of drug-likeness (QED) is 0.721. The first-order chi connectivity index (χ1) is 5.29. The van der Waals surface area contributed by atoms with Crippen molar-refractivity contribution >= 4 is 11.7 Å². The number of nitrogens with one attached hydrogen (secondary N) is 1. The highest BCUT2D eigenvalue weighted by Gasteiger charge is 1.93. The number of aliphatic carboxylic acids is 1. The minimum atomic E-state index is -0.853. The molecule has 0 fully saturated rings. The van der Waals surface area contributed by atoms with E-state index in [1.807, 2.05) is 30.3 Å². The second kappa shape index (κ2) is 5.18. The molecule has 0 aromatic heterocycles. The molecule has 0 radical (unpaired) electrons. The molecule has 1 aromatic rings.